The van der Waals surface area contributed by atoms with Crippen molar-refractivity contribution in [2.45, 2.75) is 19.0 Å². The Morgan fingerprint density at radius 3 is 2.72 bits per heavy atom. The minimum atomic E-state index is -4.21. The van der Waals surface area contributed by atoms with Crippen LogP contribution in [0.2, 0.25) is 0 Å². The molecular weight excluding hydrogens is 331 g/mol. The highest BCUT2D eigenvalue weighted by Crippen LogP contribution is 2.34. The molecule has 0 bridgehead atoms. The lowest BCUT2D eigenvalue weighted by Gasteiger charge is -2.33. The smallest absolute Gasteiger partial charge is 0.337 e. The van der Waals surface area contributed by atoms with Crippen LogP contribution in [-0.2, 0) is 0 Å². The van der Waals surface area contributed by atoms with Gasteiger partial charge in [0.2, 0.25) is 0 Å². The van der Waals surface area contributed by atoms with Crippen LogP contribution in [0.4, 0.5) is 13.2 Å². The zero-order valence-electron chi connectivity index (χ0n) is 9.34. The van der Waals surface area contributed by atoms with E-state index < -0.39 is 12.1 Å². The molecule has 0 saturated carbocycles. The van der Waals surface area contributed by atoms with Crippen molar-refractivity contribution in [3.63, 3.8) is 0 Å². The Balaban J connectivity index is 2.07. The van der Waals surface area contributed by atoms with Gasteiger partial charge in [-0.25, -0.2) is 0 Å². The largest absolute Gasteiger partial charge is 0.393 e. The summed E-state index contributed by atoms with van der Waals surface area (Å²) in [7, 11) is 0. The van der Waals surface area contributed by atoms with Gasteiger partial charge in [0.25, 0.3) is 5.91 Å². The van der Waals surface area contributed by atoms with Crippen molar-refractivity contribution in [3.05, 3.63) is 20.8 Å². The summed E-state index contributed by atoms with van der Waals surface area (Å²) in [5.74, 6) is -1.70. The Hall–Kier alpha value is -0.560. The molecule has 1 aliphatic heterocycles. The molecule has 18 heavy (non-hydrogen) atoms. The van der Waals surface area contributed by atoms with Crippen LogP contribution in [0.15, 0.2) is 15.9 Å². The van der Waals surface area contributed by atoms with Crippen LogP contribution in [0.3, 0.4) is 0 Å². The molecule has 7 heteroatoms. The first kappa shape index (κ1) is 13.9. The molecule has 2 rings (SSSR count). The van der Waals surface area contributed by atoms with E-state index in [-0.39, 0.29) is 18.9 Å². The predicted molar refractivity (Wildman–Crippen MR) is 66.7 cm³/mol. The van der Waals surface area contributed by atoms with E-state index in [1.54, 1.807) is 12.1 Å². The molecule has 1 aromatic heterocycles. The first-order valence-electron chi connectivity index (χ1n) is 5.49. The SMILES string of the molecule is O=C(c1ccc(Br)s1)N1CCCC(C(F)(F)F)C1. The van der Waals surface area contributed by atoms with E-state index in [0.717, 1.165) is 3.79 Å². The normalized spacial score (nSPS) is 21.1. The summed E-state index contributed by atoms with van der Waals surface area (Å²) in [5.41, 5.74) is 0. The molecule has 2 nitrogen and oxygen atoms in total. The number of likely N-dealkylation sites (tertiary alicyclic amines) is 1. The van der Waals surface area contributed by atoms with Crippen LogP contribution in [0.5, 0.6) is 0 Å². The number of carbonyl (C=O) groups excluding carboxylic acids is 1. The lowest BCUT2D eigenvalue weighted by atomic mass is 9.97. The number of hydrogen-bond donors (Lipinski definition) is 0. The number of halogens is 4. The van der Waals surface area contributed by atoms with Crippen LogP contribution in [-0.4, -0.2) is 30.1 Å². The second kappa shape index (κ2) is 5.21. The van der Waals surface area contributed by atoms with Crippen molar-refractivity contribution < 1.29 is 18.0 Å². The van der Waals surface area contributed by atoms with E-state index in [1.165, 1.54) is 16.2 Å². The average molecular weight is 342 g/mol. The molecule has 1 atom stereocenters. The first-order chi connectivity index (χ1) is 8.38. The number of alkyl halides is 3. The van der Waals surface area contributed by atoms with Crippen molar-refractivity contribution in [2.75, 3.05) is 13.1 Å². The van der Waals surface area contributed by atoms with Gasteiger partial charge in [0.05, 0.1) is 14.6 Å². The van der Waals surface area contributed by atoms with Crippen LogP contribution in [0, 0.1) is 5.92 Å². The van der Waals surface area contributed by atoms with Crippen molar-refractivity contribution in [3.8, 4) is 0 Å². The Morgan fingerprint density at radius 2 is 2.17 bits per heavy atom. The summed E-state index contributed by atoms with van der Waals surface area (Å²) in [6, 6.07) is 3.36. The fraction of sp³-hybridized carbons (Fsp3) is 0.545. The van der Waals surface area contributed by atoms with Gasteiger partial charge in [-0.05, 0) is 40.9 Å². The fourth-order valence-electron chi connectivity index (χ4n) is 2.01. The molecule has 100 valence electrons. The van der Waals surface area contributed by atoms with Gasteiger partial charge in [-0.15, -0.1) is 11.3 Å². The lowest BCUT2D eigenvalue weighted by Crippen LogP contribution is -2.44. The second-order valence-electron chi connectivity index (χ2n) is 4.24. The van der Waals surface area contributed by atoms with Gasteiger partial charge in [0, 0.05) is 13.1 Å². The van der Waals surface area contributed by atoms with Gasteiger partial charge >= 0.3 is 6.18 Å². The van der Waals surface area contributed by atoms with E-state index in [1.807, 2.05) is 0 Å². The Bertz CT molecular complexity index is 446. The molecule has 1 aliphatic rings. The Labute approximate surface area is 115 Å². The van der Waals surface area contributed by atoms with Gasteiger partial charge in [-0.1, -0.05) is 0 Å². The number of rotatable bonds is 1. The van der Waals surface area contributed by atoms with Crippen molar-refractivity contribution in [1.82, 2.24) is 4.90 Å². The van der Waals surface area contributed by atoms with Crippen LogP contribution in [0.1, 0.15) is 22.5 Å². The zero-order valence-corrected chi connectivity index (χ0v) is 11.7. The molecule has 1 fully saturated rings. The van der Waals surface area contributed by atoms with E-state index in [4.69, 9.17) is 0 Å². The molecule has 0 spiro atoms. The van der Waals surface area contributed by atoms with Crippen LogP contribution in [0.25, 0.3) is 0 Å². The molecule has 0 aliphatic carbocycles. The molecule has 0 N–H and O–H groups in total. The lowest BCUT2D eigenvalue weighted by molar-refractivity contribution is -0.184. The molecule has 1 saturated heterocycles. The summed E-state index contributed by atoms with van der Waals surface area (Å²) < 4.78 is 38.7. The van der Waals surface area contributed by atoms with E-state index in [2.05, 4.69) is 15.9 Å². The number of piperidine rings is 1. The highest BCUT2D eigenvalue weighted by Gasteiger charge is 2.42. The van der Waals surface area contributed by atoms with Crippen LogP contribution < -0.4 is 0 Å². The monoisotopic (exact) mass is 341 g/mol. The van der Waals surface area contributed by atoms with Gasteiger partial charge in [0.1, 0.15) is 0 Å². The number of nitrogens with zero attached hydrogens (tertiary/aromatic N) is 1. The van der Waals surface area contributed by atoms with Gasteiger partial charge < -0.3 is 4.90 Å². The third kappa shape index (κ3) is 3.06. The minimum absolute atomic E-state index is 0.113. The highest BCUT2D eigenvalue weighted by atomic mass is 79.9. The first-order valence-corrected chi connectivity index (χ1v) is 7.10. The van der Waals surface area contributed by atoms with Crippen molar-refractivity contribution in [1.29, 1.82) is 0 Å². The zero-order chi connectivity index (χ0) is 13.3. The second-order valence-corrected chi connectivity index (χ2v) is 6.70. The molecular formula is C11H11BrF3NOS. The number of amides is 1. The maximum atomic E-state index is 12.6. The molecule has 0 aromatic carbocycles. The average Bonchev–Trinajstić information content (AvgIpc) is 2.74. The number of thiophene rings is 1. The third-order valence-corrected chi connectivity index (χ3v) is 4.57. The predicted octanol–water partition coefficient (Wildman–Crippen LogP) is 3.93. The quantitative estimate of drug-likeness (QED) is 0.757. The summed E-state index contributed by atoms with van der Waals surface area (Å²) in [6.07, 6.45) is -3.70. The highest BCUT2D eigenvalue weighted by molar-refractivity contribution is 9.11. The van der Waals surface area contributed by atoms with E-state index in [0.29, 0.717) is 17.8 Å². The third-order valence-electron chi connectivity index (χ3n) is 2.96. The van der Waals surface area contributed by atoms with Crippen molar-refractivity contribution in [2.24, 2.45) is 5.92 Å². The van der Waals surface area contributed by atoms with E-state index >= 15 is 0 Å². The molecule has 1 aromatic rings. The number of hydrogen-bond acceptors (Lipinski definition) is 2. The maximum Gasteiger partial charge on any atom is 0.393 e. The summed E-state index contributed by atoms with van der Waals surface area (Å²) in [5, 5.41) is 0. The molecule has 2 heterocycles. The topological polar surface area (TPSA) is 20.3 Å². The Kier molecular flexibility index (Phi) is 4.01. The summed E-state index contributed by atoms with van der Waals surface area (Å²) in [6.45, 7) is 0.179. The minimum Gasteiger partial charge on any atom is -0.337 e. The maximum absolute atomic E-state index is 12.6. The standard InChI is InChI=1S/C11H11BrF3NOS/c12-9-4-3-8(18-9)10(17)16-5-1-2-7(6-16)11(13,14)15/h3-4,7H,1-2,5-6H2. The van der Waals surface area contributed by atoms with Crippen molar-refractivity contribution >= 4 is 33.2 Å². The van der Waals surface area contributed by atoms with Gasteiger partial charge in [-0.3, -0.25) is 4.79 Å². The van der Waals surface area contributed by atoms with Gasteiger partial charge in [-0.2, -0.15) is 13.2 Å². The van der Waals surface area contributed by atoms with Gasteiger partial charge in [0.15, 0.2) is 0 Å². The summed E-state index contributed by atoms with van der Waals surface area (Å²) in [4.78, 5) is 13.8. The molecule has 1 unspecified atom stereocenters. The fourth-order valence-corrected chi connectivity index (χ4v) is 3.37. The summed E-state index contributed by atoms with van der Waals surface area (Å²) >= 11 is 4.48. The number of carbonyl (C=O) groups is 1. The van der Waals surface area contributed by atoms with E-state index in [9.17, 15) is 18.0 Å². The molecule has 0 radical (unpaired) electrons. The Morgan fingerprint density at radius 1 is 1.44 bits per heavy atom. The molecule has 1 amide bonds. The van der Waals surface area contributed by atoms with Crippen LogP contribution >= 0.6 is 27.3 Å².